The van der Waals surface area contributed by atoms with Gasteiger partial charge < -0.3 is 20.1 Å². The van der Waals surface area contributed by atoms with Gasteiger partial charge in [0.2, 0.25) is 5.82 Å². The van der Waals surface area contributed by atoms with Crippen molar-refractivity contribution in [1.29, 1.82) is 0 Å². The zero-order valence-electron chi connectivity index (χ0n) is 12.0. The predicted molar refractivity (Wildman–Crippen MR) is 72.9 cm³/mol. The molecule has 0 aliphatic rings. The van der Waals surface area contributed by atoms with Crippen LogP contribution < -0.4 is 10.1 Å². The molecule has 1 heterocycles. The predicted octanol–water partition coefficient (Wildman–Crippen LogP) is 0.118. The van der Waals surface area contributed by atoms with Crippen molar-refractivity contribution in [2.75, 3.05) is 39.6 Å². The molecular formula is C11H19N5O4. The van der Waals surface area contributed by atoms with Crippen molar-refractivity contribution < 1.29 is 14.8 Å². The van der Waals surface area contributed by atoms with Gasteiger partial charge in [-0.05, 0) is 21.0 Å². The Kier molecular flexibility index (Phi) is 5.17. The van der Waals surface area contributed by atoms with Gasteiger partial charge in [-0.3, -0.25) is 10.1 Å². The smallest absolute Gasteiger partial charge is 0.372 e. The molecule has 0 aliphatic carbocycles. The van der Waals surface area contributed by atoms with Crippen LogP contribution in [0, 0.1) is 10.1 Å². The van der Waals surface area contributed by atoms with Gasteiger partial charge >= 0.3 is 5.69 Å². The van der Waals surface area contributed by atoms with Gasteiger partial charge in [0.15, 0.2) is 0 Å². The summed E-state index contributed by atoms with van der Waals surface area (Å²) in [4.78, 5) is 19.7. The lowest BCUT2D eigenvalue weighted by Gasteiger charge is -2.27. The fraction of sp³-hybridized carbons (Fsp3) is 0.636. The number of nitrogens with zero attached hydrogens (tertiary/aromatic N) is 4. The van der Waals surface area contributed by atoms with Crippen molar-refractivity contribution in [3.63, 3.8) is 0 Å². The Labute approximate surface area is 116 Å². The third kappa shape index (κ3) is 4.28. The molecule has 1 aromatic heterocycles. The molecule has 1 aromatic rings. The summed E-state index contributed by atoms with van der Waals surface area (Å²) in [5, 5.41) is 24.0. The van der Waals surface area contributed by atoms with Crippen LogP contribution in [-0.2, 0) is 0 Å². The maximum Gasteiger partial charge on any atom is 0.372 e. The number of nitro groups is 1. The van der Waals surface area contributed by atoms with E-state index in [0.29, 0.717) is 6.54 Å². The van der Waals surface area contributed by atoms with Crippen LogP contribution in [0.25, 0.3) is 0 Å². The minimum atomic E-state index is -1.06. The molecule has 112 valence electrons. The van der Waals surface area contributed by atoms with Crippen molar-refractivity contribution in [2.24, 2.45) is 0 Å². The molecule has 1 rings (SSSR count). The molecule has 0 saturated carbocycles. The molecule has 9 nitrogen and oxygen atoms in total. The Balaban J connectivity index is 2.90. The number of ether oxygens (including phenoxy) is 1. The highest BCUT2D eigenvalue weighted by Crippen LogP contribution is 2.30. The average molecular weight is 285 g/mol. The van der Waals surface area contributed by atoms with Gasteiger partial charge in [0, 0.05) is 13.1 Å². The molecule has 0 radical (unpaired) electrons. The second kappa shape index (κ2) is 6.44. The number of methoxy groups -OCH3 is 1. The van der Waals surface area contributed by atoms with Crippen molar-refractivity contribution >= 4 is 11.5 Å². The van der Waals surface area contributed by atoms with E-state index >= 15 is 0 Å². The summed E-state index contributed by atoms with van der Waals surface area (Å²) in [6.45, 7) is 2.13. The Morgan fingerprint density at radius 1 is 1.55 bits per heavy atom. The lowest BCUT2D eigenvalue weighted by molar-refractivity contribution is -0.385. The molecule has 2 N–H and O–H groups in total. The van der Waals surface area contributed by atoms with Gasteiger partial charge in [-0.15, -0.1) is 0 Å². The second-order valence-electron chi connectivity index (χ2n) is 4.93. The summed E-state index contributed by atoms with van der Waals surface area (Å²) in [5.74, 6) is -0.111. The van der Waals surface area contributed by atoms with Crippen LogP contribution in [0.15, 0.2) is 6.33 Å². The quantitative estimate of drug-likeness (QED) is 0.536. The van der Waals surface area contributed by atoms with E-state index in [1.807, 2.05) is 19.0 Å². The maximum absolute atomic E-state index is 11.0. The van der Waals surface area contributed by atoms with Crippen molar-refractivity contribution in [1.82, 2.24) is 14.9 Å². The SMILES string of the molecule is COc1ncnc(NCC(C)(O)CN(C)C)c1[N+](=O)[O-]. The van der Waals surface area contributed by atoms with Crippen LogP contribution in [-0.4, -0.2) is 64.8 Å². The summed E-state index contributed by atoms with van der Waals surface area (Å²) in [7, 11) is 4.94. The maximum atomic E-state index is 11.0. The fourth-order valence-electron chi connectivity index (χ4n) is 1.82. The van der Waals surface area contributed by atoms with Crippen LogP contribution in [0.1, 0.15) is 6.92 Å². The standard InChI is InChI=1S/C11H19N5O4/c1-11(17,6-15(2)3)5-12-9-8(16(18)19)10(20-4)14-7-13-9/h7,17H,5-6H2,1-4H3,(H,12,13,14). The van der Waals surface area contributed by atoms with Crippen molar-refractivity contribution in [3.8, 4) is 5.88 Å². The monoisotopic (exact) mass is 285 g/mol. The number of likely N-dealkylation sites (N-methyl/N-ethyl adjacent to an activating group) is 1. The zero-order valence-corrected chi connectivity index (χ0v) is 12.0. The van der Waals surface area contributed by atoms with E-state index in [1.54, 1.807) is 6.92 Å². The van der Waals surface area contributed by atoms with Crippen LogP contribution in [0.5, 0.6) is 5.88 Å². The molecule has 0 aromatic carbocycles. The number of aromatic nitrogens is 2. The van der Waals surface area contributed by atoms with Gasteiger partial charge in [-0.1, -0.05) is 0 Å². The number of aliphatic hydroxyl groups is 1. The number of hydrogen-bond acceptors (Lipinski definition) is 8. The molecule has 0 saturated heterocycles. The van der Waals surface area contributed by atoms with Gasteiger partial charge in [0.1, 0.15) is 6.33 Å². The summed E-state index contributed by atoms with van der Waals surface area (Å²) in [5.41, 5.74) is -1.41. The highest BCUT2D eigenvalue weighted by molar-refractivity contribution is 5.61. The molecular weight excluding hydrogens is 266 g/mol. The van der Waals surface area contributed by atoms with Crippen molar-refractivity contribution in [3.05, 3.63) is 16.4 Å². The van der Waals surface area contributed by atoms with Crippen LogP contribution in [0.4, 0.5) is 11.5 Å². The Morgan fingerprint density at radius 3 is 2.70 bits per heavy atom. The number of rotatable bonds is 7. The topological polar surface area (TPSA) is 114 Å². The van der Waals surface area contributed by atoms with Gasteiger partial charge in [0.05, 0.1) is 17.6 Å². The zero-order chi connectivity index (χ0) is 15.3. The van der Waals surface area contributed by atoms with Crippen LogP contribution in [0.2, 0.25) is 0 Å². The Morgan fingerprint density at radius 2 is 2.20 bits per heavy atom. The van der Waals surface area contributed by atoms with Crippen molar-refractivity contribution in [2.45, 2.75) is 12.5 Å². The summed E-state index contributed by atoms with van der Waals surface area (Å²) < 4.78 is 4.84. The first-order chi connectivity index (χ1) is 9.26. The molecule has 0 bridgehead atoms. The largest absolute Gasteiger partial charge is 0.476 e. The molecule has 0 aliphatic heterocycles. The summed E-state index contributed by atoms with van der Waals surface area (Å²) in [6.07, 6.45) is 1.16. The normalized spacial score (nSPS) is 13.9. The lowest BCUT2D eigenvalue weighted by Crippen LogP contribution is -2.43. The van der Waals surface area contributed by atoms with Gasteiger partial charge in [0.25, 0.3) is 5.88 Å². The molecule has 0 fully saturated rings. The fourth-order valence-corrected chi connectivity index (χ4v) is 1.82. The van der Waals surface area contributed by atoms with E-state index in [0.717, 1.165) is 6.33 Å². The number of anilines is 1. The van der Waals surface area contributed by atoms with Crippen LogP contribution in [0.3, 0.4) is 0 Å². The highest BCUT2D eigenvalue weighted by Gasteiger charge is 2.27. The molecule has 0 amide bonds. The van der Waals surface area contributed by atoms with Crippen LogP contribution >= 0.6 is 0 Å². The van der Waals surface area contributed by atoms with E-state index in [4.69, 9.17) is 4.74 Å². The van der Waals surface area contributed by atoms with E-state index < -0.39 is 10.5 Å². The van der Waals surface area contributed by atoms with Gasteiger partial charge in [-0.2, -0.15) is 4.98 Å². The first-order valence-corrected chi connectivity index (χ1v) is 5.91. The molecule has 20 heavy (non-hydrogen) atoms. The third-order valence-electron chi connectivity index (χ3n) is 2.46. The summed E-state index contributed by atoms with van der Waals surface area (Å²) in [6, 6.07) is 0. The molecule has 1 atom stereocenters. The van der Waals surface area contributed by atoms with E-state index in [-0.39, 0.29) is 23.9 Å². The minimum Gasteiger partial charge on any atom is -0.476 e. The molecule has 1 unspecified atom stereocenters. The number of hydrogen-bond donors (Lipinski definition) is 2. The van der Waals surface area contributed by atoms with Gasteiger partial charge in [-0.25, -0.2) is 4.98 Å². The van der Waals surface area contributed by atoms with E-state index in [9.17, 15) is 15.2 Å². The minimum absolute atomic E-state index is 0.0147. The summed E-state index contributed by atoms with van der Waals surface area (Å²) >= 11 is 0. The Hall–Kier alpha value is -2.00. The first kappa shape index (κ1) is 16.1. The Bertz CT molecular complexity index is 478. The average Bonchev–Trinajstić information content (AvgIpc) is 2.34. The first-order valence-electron chi connectivity index (χ1n) is 5.91. The molecule has 0 spiro atoms. The highest BCUT2D eigenvalue weighted by atomic mass is 16.6. The lowest BCUT2D eigenvalue weighted by atomic mass is 10.1. The second-order valence-corrected chi connectivity index (χ2v) is 4.93. The number of nitrogens with one attached hydrogen (secondary N) is 1. The third-order valence-corrected chi connectivity index (χ3v) is 2.46. The van der Waals surface area contributed by atoms with E-state index in [1.165, 1.54) is 7.11 Å². The van der Waals surface area contributed by atoms with E-state index in [2.05, 4.69) is 15.3 Å². The molecule has 9 heteroatoms.